The molecule has 3 amide bonds. The zero-order chi connectivity index (χ0) is 29.3. The number of halogens is 3. The van der Waals surface area contributed by atoms with Crippen molar-refractivity contribution < 1.29 is 32.2 Å². The first-order chi connectivity index (χ1) is 19.0. The van der Waals surface area contributed by atoms with Gasteiger partial charge in [-0.25, -0.2) is 4.79 Å². The molecule has 0 bridgehead atoms. The number of alkyl halides is 3. The van der Waals surface area contributed by atoms with Crippen molar-refractivity contribution in [3.63, 3.8) is 0 Å². The summed E-state index contributed by atoms with van der Waals surface area (Å²) in [5.74, 6) is 0.911. The third-order valence-electron chi connectivity index (χ3n) is 6.20. The number of carbonyl (C=O) groups is 2. The molecule has 11 heteroatoms. The largest absolute Gasteiger partial charge is 0.493 e. The molecule has 0 aliphatic carbocycles. The topological polar surface area (TPSA) is 71.1 Å². The molecule has 0 radical (unpaired) electrons. The van der Waals surface area contributed by atoms with E-state index in [2.05, 4.69) is 11.9 Å². The second-order valence-electron chi connectivity index (χ2n) is 8.96. The number of hydrogen-bond acceptors (Lipinski definition) is 5. The van der Waals surface area contributed by atoms with Gasteiger partial charge in [-0.15, -0.1) is 17.9 Å². The van der Waals surface area contributed by atoms with Crippen molar-refractivity contribution in [2.45, 2.75) is 26.1 Å². The highest BCUT2D eigenvalue weighted by atomic mass is 32.1. The summed E-state index contributed by atoms with van der Waals surface area (Å²) in [5.41, 5.74) is 1.37. The van der Waals surface area contributed by atoms with Crippen molar-refractivity contribution in [2.24, 2.45) is 0 Å². The lowest BCUT2D eigenvalue weighted by Crippen LogP contribution is -2.44. The van der Waals surface area contributed by atoms with Gasteiger partial charge in [0, 0.05) is 23.7 Å². The number of thiophene rings is 1. The van der Waals surface area contributed by atoms with Crippen LogP contribution in [0.25, 0.3) is 0 Å². The van der Waals surface area contributed by atoms with Gasteiger partial charge in [0.2, 0.25) is 5.91 Å². The smallest absolute Gasteiger partial charge is 0.416 e. The van der Waals surface area contributed by atoms with Gasteiger partial charge < -0.3 is 24.6 Å². The second kappa shape index (κ2) is 13.9. The molecule has 0 aliphatic rings. The number of nitrogens with one attached hydrogen (secondary N) is 1. The van der Waals surface area contributed by atoms with Crippen LogP contribution in [0.3, 0.4) is 0 Å². The van der Waals surface area contributed by atoms with Gasteiger partial charge in [-0.3, -0.25) is 4.79 Å². The first kappa shape index (κ1) is 30.6. The first-order valence-corrected chi connectivity index (χ1v) is 13.3. The maximum absolute atomic E-state index is 13.5. The first-order valence-electron chi connectivity index (χ1n) is 12.4. The summed E-state index contributed by atoms with van der Waals surface area (Å²) in [6.45, 7) is 6.23. The second-order valence-corrected chi connectivity index (χ2v) is 9.96. The van der Waals surface area contributed by atoms with E-state index in [1.54, 1.807) is 36.5 Å². The predicted octanol–water partition coefficient (Wildman–Crippen LogP) is 6.38. The molecule has 1 aromatic heterocycles. The van der Waals surface area contributed by atoms with Gasteiger partial charge in [-0.2, -0.15) is 13.2 Å². The Morgan fingerprint density at radius 2 is 1.73 bits per heavy atom. The van der Waals surface area contributed by atoms with Gasteiger partial charge in [-0.05, 0) is 72.3 Å². The van der Waals surface area contributed by atoms with Crippen molar-refractivity contribution in [1.29, 1.82) is 0 Å². The van der Waals surface area contributed by atoms with Gasteiger partial charge in [0.1, 0.15) is 6.54 Å². The number of methoxy groups -OCH3 is 2. The fraction of sp³-hybridized carbons (Fsp3) is 0.310. The number of benzene rings is 2. The zero-order valence-electron chi connectivity index (χ0n) is 22.6. The van der Waals surface area contributed by atoms with Gasteiger partial charge in [-0.1, -0.05) is 12.1 Å². The monoisotopic (exact) mass is 575 g/mol. The average Bonchev–Trinajstić information content (AvgIpc) is 3.34. The Morgan fingerprint density at radius 3 is 2.30 bits per heavy atom. The number of nitrogens with zero attached hydrogens (tertiary/aromatic N) is 2. The summed E-state index contributed by atoms with van der Waals surface area (Å²) in [5, 5.41) is 4.52. The van der Waals surface area contributed by atoms with E-state index < -0.39 is 17.8 Å². The number of hydrogen-bond donors (Lipinski definition) is 1. The third kappa shape index (κ3) is 8.25. The summed E-state index contributed by atoms with van der Waals surface area (Å²) in [6, 6.07) is 11.0. The van der Waals surface area contributed by atoms with E-state index in [9.17, 15) is 22.8 Å². The molecule has 0 unspecified atom stereocenters. The Labute approximate surface area is 235 Å². The molecule has 0 spiro atoms. The number of aryl methyl sites for hydroxylation is 1. The molecule has 214 valence electrons. The van der Waals surface area contributed by atoms with Crippen LogP contribution in [0.1, 0.15) is 21.6 Å². The van der Waals surface area contributed by atoms with E-state index >= 15 is 0 Å². The van der Waals surface area contributed by atoms with Crippen LogP contribution in [0.15, 0.2) is 66.6 Å². The number of carbonyl (C=O) groups excluding carboxylic acids is 2. The van der Waals surface area contributed by atoms with Gasteiger partial charge in [0.25, 0.3) is 0 Å². The van der Waals surface area contributed by atoms with E-state index in [-0.39, 0.29) is 24.7 Å². The number of ether oxygens (including phenoxy) is 2. The van der Waals surface area contributed by atoms with Crippen molar-refractivity contribution in [3.05, 3.63) is 88.1 Å². The molecule has 0 atom stereocenters. The highest BCUT2D eigenvalue weighted by molar-refractivity contribution is 7.10. The fourth-order valence-corrected chi connectivity index (χ4v) is 4.84. The van der Waals surface area contributed by atoms with Crippen molar-refractivity contribution >= 4 is 29.0 Å². The molecular formula is C29H32F3N3O4S. The van der Waals surface area contributed by atoms with Crippen LogP contribution in [0.5, 0.6) is 11.5 Å². The molecule has 1 heterocycles. The lowest BCUT2D eigenvalue weighted by Gasteiger charge is -2.27. The Balaban J connectivity index is 1.74. The molecule has 7 nitrogen and oxygen atoms in total. The summed E-state index contributed by atoms with van der Waals surface area (Å²) in [4.78, 5) is 30.5. The minimum absolute atomic E-state index is 0.0692. The Bertz CT molecular complexity index is 1310. The summed E-state index contributed by atoms with van der Waals surface area (Å²) in [6.07, 6.45) is -2.46. The molecule has 3 rings (SSSR count). The highest BCUT2D eigenvalue weighted by Crippen LogP contribution is 2.30. The van der Waals surface area contributed by atoms with Gasteiger partial charge in [0.15, 0.2) is 11.5 Å². The summed E-state index contributed by atoms with van der Waals surface area (Å²) < 4.78 is 49.3. The third-order valence-corrected chi connectivity index (χ3v) is 7.21. The van der Waals surface area contributed by atoms with Crippen LogP contribution in [-0.4, -0.2) is 55.6 Å². The molecule has 0 aliphatic heterocycles. The van der Waals surface area contributed by atoms with Crippen molar-refractivity contribution in [1.82, 2.24) is 9.80 Å². The quantitative estimate of drug-likeness (QED) is 0.254. The van der Waals surface area contributed by atoms with Crippen LogP contribution >= 0.6 is 11.3 Å². The molecule has 3 aromatic rings. The zero-order valence-corrected chi connectivity index (χ0v) is 23.4. The fourth-order valence-electron chi connectivity index (χ4n) is 3.92. The number of rotatable bonds is 12. The lowest BCUT2D eigenvalue weighted by atomic mass is 10.1. The summed E-state index contributed by atoms with van der Waals surface area (Å²) >= 11 is 1.55. The van der Waals surface area contributed by atoms with Gasteiger partial charge >= 0.3 is 12.2 Å². The van der Waals surface area contributed by atoms with Crippen LogP contribution in [0, 0.1) is 6.92 Å². The minimum atomic E-state index is -4.48. The molecule has 0 saturated heterocycles. The number of urea groups is 1. The van der Waals surface area contributed by atoms with E-state index in [4.69, 9.17) is 9.47 Å². The van der Waals surface area contributed by atoms with E-state index in [1.807, 2.05) is 30.5 Å². The number of amides is 3. The molecule has 0 fully saturated rings. The maximum Gasteiger partial charge on any atom is 0.416 e. The Kier molecular flexibility index (Phi) is 10.6. The Hall–Kier alpha value is -3.99. The predicted molar refractivity (Wildman–Crippen MR) is 150 cm³/mol. The molecule has 2 aromatic carbocycles. The highest BCUT2D eigenvalue weighted by Gasteiger charge is 2.30. The molecular weight excluding hydrogens is 543 g/mol. The molecule has 0 saturated carbocycles. The van der Waals surface area contributed by atoms with E-state index in [1.165, 1.54) is 23.1 Å². The van der Waals surface area contributed by atoms with Crippen LogP contribution in [0.2, 0.25) is 0 Å². The SMILES string of the molecule is C=CCN(CC(=O)N(CCc1ccc(OC)c(OC)c1)Cc1sccc1C)C(=O)Nc1ccc(C(F)(F)F)cc1. The van der Waals surface area contributed by atoms with Crippen LogP contribution in [0.4, 0.5) is 23.7 Å². The normalized spacial score (nSPS) is 11.1. The van der Waals surface area contributed by atoms with Crippen molar-refractivity contribution in [2.75, 3.05) is 39.2 Å². The summed E-state index contributed by atoms with van der Waals surface area (Å²) in [7, 11) is 3.12. The van der Waals surface area contributed by atoms with Crippen molar-refractivity contribution in [3.8, 4) is 11.5 Å². The van der Waals surface area contributed by atoms with Crippen LogP contribution < -0.4 is 14.8 Å². The average molecular weight is 576 g/mol. The lowest BCUT2D eigenvalue weighted by molar-refractivity contribution is -0.137. The van der Waals surface area contributed by atoms with E-state index in [0.29, 0.717) is 31.0 Å². The van der Waals surface area contributed by atoms with E-state index in [0.717, 1.165) is 28.1 Å². The molecule has 40 heavy (non-hydrogen) atoms. The Morgan fingerprint density at radius 1 is 1.02 bits per heavy atom. The maximum atomic E-state index is 13.5. The number of anilines is 1. The molecule has 1 N–H and O–H groups in total. The van der Waals surface area contributed by atoms with Gasteiger partial charge in [0.05, 0.1) is 26.3 Å². The van der Waals surface area contributed by atoms with Crippen LogP contribution in [-0.2, 0) is 23.9 Å². The standard InChI is InChI=1S/C29H32F3N3O4S/c1-5-14-35(28(37)33-23-9-7-22(8-10-23)29(30,31)32)19-27(36)34(18-26-20(2)13-16-40-26)15-12-21-6-11-24(38-3)25(17-21)39-4/h5-11,13,16-17H,1,12,14-15,18-19H2,2-4H3,(H,33,37). The minimum Gasteiger partial charge on any atom is -0.493 e.